The van der Waals surface area contributed by atoms with E-state index in [-0.39, 0.29) is 6.04 Å². The second kappa shape index (κ2) is 6.89. The van der Waals surface area contributed by atoms with E-state index >= 15 is 0 Å². The lowest BCUT2D eigenvalue weighted by Gasteiger charge is -2.17. The lowest BCUT2D eigenvalue weighted by Crippen LogP contribution is -2.20. The highest BCUT2D eigenvalue weighted by atomic mass is 127. The lowest BCUT2D eigenvalue weighted by atomic mass is 10.0. The standard InChI is InChI=1S/C14H17ClIN3O/c1-9-4-3-5-10(12(9)16)13(17)14-11(15)8-18-19(14)6-7-20-2/h3-5,8,13H,6-7,17H2,1-2H3. The van der Waals surface area contributed by atoms with Crippen molar-refractivity contribution in [2.45, 2.75) is 19.5 Å². The second-order valence-electron chi connectivity index (χ2n) is 4.55. The molecule has 0 aliphatic heterocycles. The van der Waals surface area contributed by atoms with E-state index in [2.05, 4.69) is 40.7 Å². The minimum absolute atomic E-state index is 0.298. The Bertz CT molecular complexity index is 600. The van der Waals surface area contributed by atoms with Crippen molar-refractivity contribution in [2.24, 2.45) is 5.73 Å². The largest absolute Gasteiger partial charge is 0.383 e. The molecule has 1 unspecified atom stereocenters. The number of halogens is 2. The maximum Gasteiger partial charge on any atom is 0.0837 e. The first-order valence-electron chi connectivity index (χ1n) is 6.27. The van der Waals surface area contributed by atoms with Gasteiger partial charge in [0.25, 0.3) is 0 Å². The van der Waals surface area contributed by atoms with Gasteiger partial charge in [0.2, 0.25) is 0 Å². The fraction of sp³-hybridized carbons (Fsp3) is 0.357. The third-order valence-corrected chi connectivity index (χ3v) is 4.96. The number of rotatable bonds is 5. The van der Waals surface area contributed by atoms with Gasteiger partial charge in [0.1, 0.15) is 0 Å². The van der Waals surface area contributed by atoms with Crippen LogP contribution in [0.5, 0.6) is 0 Å². The molecule has 0 amide bonds. The predicted octanol–water partition coefficient (Wildman–Crippen LogP) is 3.14. The van der Waals surface area contributed by atoms with Gasteiger partial charge in [-0.1, -0.05) is 29.8 Å². The van der Waals surface area contributed by atoms with Gasteiger partial charge in [-0.05, 0) is 40.6 Å². The van der Waals surface area contributed by atoms with E-state index in [9.17, 15) is 0 Å². The molecule has 0 saturated carbocycles. The van der Waals surface area contributed by atoms with Crippen molar-refractivity contribution in [3.8, 4) is 0 Å². The van der Waals surface area contributed by atoms with Crippen LogP contribution in [-0.4, -0.2) is 23.5 Å². The Morgan fingerprint density at radius 2 is 2.25 bits per heavy atom. The number of aryl methyl sites for hydroxylation is 1. The van der Waals surface area contributed by atoms with Gasteiger partial charge in [0.05, 0.1) is 36.1 Å². The van der Waals surface area contributed by atoms with Crippen LogP contribution >= 0.6 is 34.2 Å². The summed E-state index contributed by atoms with van der Waals surface area (Å²) in [7, 11) is 1.66. The van der Waals surface area contributed by atoms with Gasteiger partial charge in [-0.3, -0.25) is 4.68 Å². The molecule has 0 fully saturated rings. The second-order valence-corrected chi connectivity index (χ2v) is 6.04. The average Bonchev–Trinajstić information content (AvgIpc) is 2.80. The number of aromatic nitrogens is 2. The molecule has 1 heterocycles. The summed E-state index contributed by atoms with van der Waals surface area (Å²) >= 11 is 8.57. The minimum Gasteiger partial charge on any atom is -0.383 e. The van der Waals surface area contributed by atoms with Crippen LogP contribution in [0.3, 0.4) is 0 Å². The number of hydrogen-bond acceptors (Lipinski definition) is 3. The van der Waals surface area contributed by atoms with Crippen LogP contribution in [0.1, 0.15) is 22.9 Å². The molecule has 2 rings (SSSR count). The molecule has 108 valence electrons. The van der Waals surface area contributed by atoms with Crippen LogP contribution < -0.4 is 5.73 Å². The zero-order chi connectivity index (χ0) is 14.7. The summed E-state index contributed by atoms with van der Waals surface area (Å²) in [6.45, 7) is 3.28. The molecule has 1 aromatic heterocycles. The van der Waals surface area contributed by atoms with Crippen molar-refractivity contribution in [1.29, 1.82) is 0 Å². The number of benzene rings is 1. The normalized spacial score (nSPS) is 12.7. The molecule has 6 heteroatoms. The summed E-state index contributed by atoms with van der Waals surface area (Å²) in [5.74, 6) is 0. The monoisotopic (exact) mass is 405 g/mol. The van der Waals surface area contributed by atoms with Gasteiger partial charge in [-0.15, -0.1) is 0 Å². The first kappa shape index (κ1) is 15.8. The maximum atomic E-state index is 6.41. The number of ether oxygens (including phenoxy) is 1. The Morgan fingerprint density at radius 1 is 1.50 bits per heavy atom. The van der Waals surface area contributed by atoms with Gasteiger partial charge in [-0.25, -0.2) is 0 Å². The Balaban J connectivity index is 2.40. The highest BCUT2D eigenvalue weighted by Gasteiger charge is 2.20. The van der Waals surface area contributed by atoms with E-state index in [1.54, 1.807) is 13.3 Å². The van der Waals surface area contributed by atoms with E-state index in [1.165, 1.54) is 5.56 Å². The Kier molecular flexibility index (Phi) is 5.42. The highest BCUT2D eigenvalue weighted by Crippen LogP contribution is 2.30. The Labute approximate surface area is 137 Å². The maximum absolute atomic E-state index is 6.41. The van der Waals surface area contributed by atoms with Crippen molar-refractivity contribution in [3.63, 3.8) is 0 Å². The van der Waals surface area contributed by atoms with Crippen LogP contribution in [0.2, 0.25) is 5.02 Å². The zero-order valence-corrected chi connectivity index (χ0v) is 14.4. The summed E-state index contributed by atoms with van der Waals surface area (Å²) in [6.07, 6.45) is 1.63. The summed E-state index contributed by atoms with van der Waals surface area (Å²) in [5, 5.41) is 4.86. The molecule has 0 aliphatic rings. The topological polar surface area (TPSA) is 53.1 Å². The minimum atomic E-state index is -0.298. The van der Waals surface area contributed by atoms with Gasteiger partial charge < -0.3 is 10.5 Å². The summed E-state index contributed by atoms with van der Waals surface area (Å²) in [4.78, 5) is 0. The molecule has 0 bridgehead atoms. The zero-order valence-electron chi connectivity index (χ0n) is 11.4. The predicted molar refractivity (Wildman–Crippen MR) is 89.0 cm³/mol. The number of methoxy groups -OCH3 is 1. The van der Waals surface area contributed by atoms with Crippen molar-refractivity contribution in [3.05, 3.63) is 49.8 Å². The van der Waals surface area contributed by atoms with Crippen LogP contribution in [0.4, 0.5) is 0 Å². The van der Waals surface area contributed by atoms with E-state index in [4.69, 9.17) is 22.1 Å². The smallest absolute Gasteiger partial charge is 0.0837 e. The average molecular weight is 406 g/mol. The van der Waals surface area contributed by atoms with Gasteiger partial charge in [0, 0.05) is 10.7 Å². The highest BCUT2D eigenvalue weighted by molar-refractivity contribution is 14.1. The Morgan fingerprint density at radius 3 is 2.95 bits per heavy atom. The third-order valence-electron chi connectivity index (χ3n) is 3.19. The molecular formula is C14H17ClIN3O. The van der Waals surface area contributed by atoms with Crippen LogP contribution in [0.25, 0.3) is 0 Å². The van der Waals surface area contributed by atoms with Crippen LogP contribution in [0.15, 0.2) is 24.4 Å². The fourth-order valence-corrected chi connectivity index (χ4v) is 3.05. The van der Waals surface area contributed by atoms with E-state index in [0.29, 0.717) is 18.2 Å². The molecule has 0 radical (unpaired) electrons. The molecule has 2 aromatic rings. The van der Waals surface area contributed by atoms with Gasteiger partial charge in [-0.2, -0.15) is 5.10 Å². The summed E-state index contributed by atoms with van der Waals surface area (Å²) in [6, 6.07) is 5.82. The van der Waals surface area contributed by atoms with Crippen LogP contribution in [-0.2, 0) is 11.3 Å². The number of nitrogens with two attached hydrogens (primary N) is 1. The van der Waals surface area contributed by atoms with Gasteiger partial charge >= 0.3 is 0 Å². The molecular weight excluding hydrogens is 389 g/mol. The molecule has 1 aromatic carbocycles. The summed E-state index contributed by atoms with van der Waals surface area (Å²) in [5.41, 5.74) is 9.51. The molecule has 20 heavy (non-hydrogen) atoms. The molecule has 0 saturated heterocycles. The number of nitrogens with zero attached hydrogens (tertiary/aromatic N) is 2. The molecule has 0 aliphatic carbocycles. The lowest BCUT2D eigenvalue weighted by molar-refractivity contribution is 0.182. The fourth-order valence-electron chi connectivity index (χ4n) is 2.09. The molecule has 4 nitrogen and oxygen atoms in total. The van der Waals surface area contributed by atoms with Crippen molar-refractivity contribution < 1.29 is 4.74 Å². The first-order chi connectivity index (χ1) is 9.56. The molecule has 0 spiro atoms. The third kappa shape index (κ3) is 3.16. The molecule has 1 atom stereocenters. The van der Waals surface area contributed by atoms with E-state index in [1.807, 2.05) is 16.8 Å². The van der Waals surface area contributed by atoms with Crippen molar-refractivity contribution >= 4 is 34.2 Å². The number of hydrogen-bond donors (Lipinski definition) is 1. The summed E-state index contributed by atoms with van der Waals surface area (Å²) < 4.78 is 8.07. The van der Waals surface area contributed by atoms with Crippen LogP contribution in [0, 0.1) is 10.5 Å². The SMILES string of the molecule is COCCn1ncc(Cl)c1C(N)c1cccc(C)c1I. The Hall–Kier alpha value is -0.630. The van der Waals surface area contributed by atoms with Crippen molar-refractivity contribution in [2.75, 3.05) is 13.7 Å². The van der Waals surface area contributed by atoms with Crippen molar-refractivity contribution in [1.82, 2.24) is 9.78 Å². The van der Waals surface area contributed by atoms with E-state index < -0.39 is 0 Å². The quantitative estimate of drug-likeness (QED) is 0.778. The molecule has 2 N–H and O–H groups in total. The first-order valence-corrected chi connectivity index (χ1v) is 7.72. The van der Waals surface area contributed by atoms with Gasteiger partial charge in [0.15, 0.2) is 0 Å². The van der Waals surface area contributed by atoms with E-state index in [0.717, 1.165) is 14.8 Å².